The molecule has 0 saturated carbocycles. The molecule has 2 aliphatic rings. The van der Waals surface area contributed by atoms with Gasteiger partial charge >= 0.3 is 0 Å². The van der Waals surface area contributed by atoms with Crippen LogP contribution in [0.2, 0.25) is 0 Å². The molecule has 66 valence electrons. The number of hydrazine groups is 1. The summed E-state index contributed by atoms with van der Waals surface area (Å²) in [5.74, 6) is 0. The molecule has 2 rings (SSSR count). The van der Waals surface area contributed by atoms with E-state index in [1.165, 1.54) is 0 Å². The topological polar surface area (TPSA) is 30.5 Å². The molecule has 0 radical (unpaired) electrons. The average Bonchev–Trinajstić information content (AvgIpc) is 2.38. The van der Waals surface area contributed by atoms with E-state index in [4.69, 9.17) is 24.4 Å². The Morgan fingerprint density at radius 1 is 1.00 bits per heavy atom. The predicted molar refractivity (Wildman–Crippen MR) is 54.1 cm³/mol. The molecule has 2 atom stereocenters. The van der Waals surface area contributed by atoms with Crippen molar-refractivity contribution < 1.29 is 0 Å². The SMILES string of the molecule is CC1NC(=S)N2C(C)NC(=S)N12. The predicted octanol–water partition coefficient (Wildman–Crippen LogP) is -0.0264. The molecule has 0 spiro atoms. The fourth-order valence-corrected chi connectivity index (χ4v) is 2.37. The third-order valence-corrected chi connectivity index (χ3v) is 2.66. The van der Waals surface area contributed by atoms with Crippen molar-refractivity contribution in [2.45, 2.75) is 26.2 Å². The Bertz CT molecular complexity index is 228. The van der Waals surface area contributed by atoms with Crippen molar-refractivity contribution in [1.29, 1.82) is 0 Å². The van der Waals surface area contributed by atoms with Gasteiger partial charge in [0.2, 0.25) is 0 Å². The van der Waals surface area contributed by atoms with E-state index in [0.29, 0.717) is 0 Å². The number of nitrogens with one attached hydrogen (secondary N) is 2. The first-order valence-electron chi connectivity index (χ1n) is 3.80. The minimum absolute atomic E-state index is 0.169. The van der Waals surface area contributed by atoms with Crippen LogP contribution in [0.4, 0.5) is 0 Å². The smallest absolute Gasteiger partial charge is 0.191 e. The van der Waals surface area contributed by atoms with Crippen molar-refractivity contribution in [2.75, 3.05) is 0 Å². The average molecular weight is 202 g/mol. The zero-order chi connectivity index (χ0) is 8.88. The summed E-state index contributed by atoms with van der Waals surface area (Å²) in [5.41, 5.74) is 0. The van der Waals surface area contributed by atoms with Crippen LogP contribution in [0.1, 0.15) is 13.8 Å². The summed E-state index contributed by atoms with van der Waals surface area (Å²) in [6.45, 7) is 4.05. The monoisotopic (exact) mass is 202 g/mol. The maximum atomic E-state index is 5.14. The Morgan fingerprint density at radius 2 is 1.33 bits per heavy atom. The summed E-state index contributed by atoms with van der Waals surface area (Å²) in [6.07, 6.45) is 0.338. The molecule has 2 N–H and O–H groups in total. The first-order chi connectivity index (χ1) is 5.61. The van der Waals surface area contributed by atoms with E-state index in [-0.39, 0.29) is 12.3 Å². The first kappa shape index (κ1) is 8.00. The number of fused-ring (bicyclic) bond motifs is 1. The molecular formula is C6H10N4S2. The summed E-state index contributed by atoms with van der Waals surface area (Å²) in [7, 11) is 0. The fraction of sp³-hybridized carbons (Fsp3) is 0.667. The van der Waals surface area contributed by atoms with Crippen LogP contribution in [-0.2, 0) is 0 Å². The summed E-state index contributed by atoms with van der Waals surface area (Å²) >= 11 is 10.3. The lowest BCUT2D eigenvalue weighted by Gasteiger charge is -2.22. The second-order valence-corrected chi connectivity index (χ2v) is 3.71. The molecule has 2 aliphatic heterocycles. The van der Waals surface area contributed by atoms with Crippen molar-refractivity contribution in [2.24, 2.45) is 0 Å². The van der Waals surface area contributed by atoms with Crippen LogP contribution in [-0.4, -0.2) is 32.6 Å². The number of hydrogen-bond acceptors (Lipinski definition) is 2. The van der Waals surface area contributed by atoms with Gasteiger partial charge in [0.25, 0.3) is 0 Å². The second kappa shape index (κ2) is 2.43. The third kappa shape index (κ3) is 0.879. The molecule has 6 heteroatoms. The largest absolute Gasteiger partial charge is 0.340 e. The Kier molecular flexibility index (Phi) is 1.62. The molecule has 4 nitrogen and oxygen atoms in total. The van der Waals surface area contributed by atoms with Crippen molar-refractivity contribution in [1.82, 2.24) is 20.7 Å². The van der Waals surface area contributed by atoms with Crippen LogP contribution >= 0.6 is 24.4 Å². The van der Waals surface area contributed by atoms with Gasteiger partial charge in [0.15, 0.2) is 10.2 Å². The van der Waals surface area contributed by atoms with Gasteiger partial charge in [0, 0.05) is 0 Å². The summed E-state index contributed by atoms with van der Waals surface area (Å²) in [6, 6.07) is 0. The lowest BCUT2D eigenvalue weighted by molar-refractivity contribution is 0.129. The van der Waals surface area contributed by atoms with Gasteiger partial charge in [-0.25, -0.2) is 10.0 Å². The molecule has 0 aliphatic carbocycles. The summed E-state index contributed by atoms with van der Waals surface area (Å²) in [5, 5.41) is 11.7. The number of rotatable bonds is 0. The van der Waals surface area contributed by atoms with Gasteiger partial charge in [-0.05, 0) is 38.3 Å². The van der Waals surface area contributed by atoms with E-state index >= 15 is 0 Å². The molecule has 2 unspecified atom stereocenters. The standard InChI is InChI=1S/C6H10N4S2/c1-3-7-5(11)10-4(2)8-6(12)9(3)10/h3-4H,1-2H3,(H,7,11)(H,8,12). The van der Waals surface area contributed by atoms with E-state index in [1.807, 2.05) is 23.9 Å². The highest BCUT2D eigenvalue weighted by Crippen LogP contribution is 2.20. The van der Waals surface area contributed by atoms with Crippen molar-refractivity contribution in [3.8, 4) is 0 Å². The van der Waals surface area contributed by atoms with E-state index in [2.05, 4.69) is 10.6 Å². The zero-order valence-corrected chi connectivity index (χ0v) is 8.50. The van der Waals surface area contributed by atoms with Crippen molar-refractivity contribution >= 4 is 34.7 Å². The molecule has 0 bridgehead atoms. The third-order valence-electron chi connectivity index (χ3n) is 2.05. The van der Waals surface area contributed by atoms with Gasteiger partial charge in [-0.1, -0.05) is 0 Å². The minimum atomic E-state index is 0.169. The van der Waals surface area contributed by atoms with Crippen LogP contribution in [0.15, 0.2) is 0 Å². The minimum Gasteiger partial charge on any atom is -0.340 e. The van der Waals surface area contributed by atoms with Crippen LogP contribution < -0.4 is 10.6 Å². The van der Waals surface area contributed by atoms with Gasteiger partial charge in [-0.2, -0.15) is 0 Å². The molecule has 0 aromatic heterocycles. The Hall–Kier alpha value is -0.620. The van der Waals surface area contributed by atoms with Gasteiger partial charge in [0.05, 0.1) is 0 Å². The molecule has 2 heterocycles. The van der Waals surface area contributed by atoms with Crippen molar-refractivity contribution in [3.63, 3.8) is 0 Å². The van der Waals surface area contributed by atoms with Crippen LogP contribution in [0.25, 0.3) is 0 Å². The molecule has 12 heavy (non-hydrogen) atoms. The molecule has 2 saturated heterocycles. The molecule has 0 aromatic rings. The normalized spacial score (nSPS) is 33.5. The van der Waals surface area contributed by atoms with E-state index in [1.54, 1.807) is 0 Å². The van der Waals surface area contributed by atoms with Crippen LogP contribution in [0.5, 0.6) is 0 Å². The van der Waals surface area contributed by atoms with E-state index in [0.717, 1.165) is 10.2 Å². The van der Waals surface area contributed by atoms with Crippen LogP contribution in [0.3, 0.4) is 0 Å². The van der Waals surface area contributed by atoms with Gasteiger partial charge in [-0.15, -0.1) is 0 Å². The molecule has 0 amide bonds. The summed E-state index contributed by atoms with van der Waals surface area (Å²) < 4.78 is 0. The Balaban J connectivity index is 2.32. The van der Waals surface area contributed by atoms with Gasteiger partial charge in [0.1, 0.15) is 12.3 Å². The zero-order valence-electron chi connectivity index (χ0n) is 6.87. The lowest BCUT2D eigenvalue weighted by Crippen LogP contribution is -2.39. The van der Waals surface area contributed by atoms with Crippen LogP contribution in [0, 0.1) is 0 Å². The van der Waals surface area contributed by atoms with Crippen molar-refractivity contribution in [3.05, 3.63) is 0 Å². The van der Waals surface area contributed by atoms with Gasteiger partial charge in [-0.3, -0.25) is 0 Å². The maximum Gasteiger partial charge on any atom is 0.191 e. The van der Waals surface area contributed by atoms with E-state index < -0.39 is 0 Å². The first-order valence-corrected chi connectivity index (χ1v) is 4.62. The van der Waals surface area contributed by atoms with Gasteiger partial charge < -0.3 is 10.6 Å². The molecular weight excluding hydrogens is 192 g/mol. The highest BCUT2D eigenvalue weighted by Gasteiger charge is 2.42. The second-order valence-electron chi connectivity index (χ2n) is 2.94. The Labute approximate surface area is 81.9 Å². The molecule has 2 fully saturated rings. The van der Waals surface area contributed by atoms with E-state index in [9.17, 15) is 0 Å². The number of hydrogen-bond donors (Lipinski definition) is 2. The lowest BCUT2D eigenvalue weighted by atomic mass is 10.5. The Morgan fingerprint density at radius 3 is 1.67 bits per heavy atom. The number of thiocarbonyl (C=S) groups is 2. The highest BCUT2D eigenvalue weighted by molar-refractivity contribution is 7.80. The quantitative estimate of drug-likeness (QED) is 0.537. The fourth-order valence-electron chi connectivity index (χ4n) is 1.53. The summed E-state index contributed by atoms with van der Waals surface area (Å²) in [4.78, 5) is 0. The maximum absolute atomic E-state index is 5.14. The highest BCUT2D eigenvalue weighted by atomic mass is 32.1. The number of nitrogens with zero attached hydrogens (tertiary/aromatic N) is 2. The molecule has 0 aromatic carbocycles.